The molecule has 1 saturated carbocycles. The summed E-state index contributed by atoms with van der Waals surface area (Å²) in [5.41, 5.74) is 0.873. The van der Waals surface area contributed by atoms with E-state index in [1.807, 2.05) is 6.07 Å². The second kappa shape index (κ2) is 6.24. The number of carbonyl (C=O) groups is 1. The van der Waals surface area contributed by atoms with E-state index in [2.05, 4.69) is 19.2 Å². The maximum absolute atomic E-state index is 11.5. The largest absolute Gasteiger partial charge is 0.463 e. The number of esters is 1. The summed E-state index contributed by atoms with van der Waals surface area (Å²) in [4.78, 5) is 11.5. The fourth-order valence-corrected chi connectivity index (χ4v) is 2.73. The molecule has 0 radical (unpaired) electrons. The third-order valence-electron chi connectivity index (χ3n) is 4.30. The van der Waals surface area contributed by atoms with Crippen molar-refractivity contribution in [3.8, 4) is 0 Å². The predicted molar refractivity (Wildman–Crippen MR) is 72.9 cm³/mol. The van der Waals surface area contributed by atoms with E-state index in [1.165, 1.54) is 32.6 Å². The molecule has 0 aromatic carbocycles. The third-order valence-corrected chi connectivity index (χ3v) is 4.30. The number of hydrogen-bond acceptors (Lipinski definition) is 4. The minimum atomic E-state index is -0.410. The zero-order valence-electron chi connectivity index (χ0n) is 11.9. The molecule has 1 N–H and O–H groups in total. The van der Waals surface area contributed by atoms with Crippen molar-refractivity contribution >= 4 is 5.97 Å². The molecular formula is C15H23NO3. The van der Waals surface area contributed by atoms with Gasteiger partial charge in [0, 0.05) is 18.2 Å². The standard InChI is InChI=1S/C15H23NO3/c1-10-4-5-13(8-11(10)2)16-9-12-6-7-19-14(12)15(17)18-3/h6-7,10-11,13,16H,4-5,8-9H2,1-3H3. The van der Waals surface area contributed by atoms with Gasteiger partial charge in [-0.25, -0.2) is 4.79 Å². The van der Waals surface area contributed by atoms with Crippen LogP contribution < -0.4 is 5.32 Å². The summed E-state index contributed by atoms with van der Waals surface area (Å²) in [5, 5.41) is 3.53. The summed E-state index contributed by atoms with van der Waals surface area (Å²) in [6.07, 6.45) is 5.21. The second-order valence-electron chi connectivity index (χ2n) is 5.61. The quantitative estimate of drug-likeness (QED) is 0.850. The summed E-state index contributed by atoms with van der Waals surface area (Å²) >= 11 is 0. The monoisotopic (exact) mass is 265 g/mol. The average molecular weight is 265 g/mol. The van der Waals surface area contributed by atoms with Crippen LogP contribution in [0.3, 0.4) is 0 Å². The van der Waals surface area contributed by atoms with Gasteiger partial charge in [0.2, 0.25) is 5.76 Å². The Bertz CT molecular complexity index is 427. The highest BCUT2D eigenvalue weighted by molar-refractivity contribution is 5.87. The van der Waals surface area contributed by atoms with Gasteiger partial charge in [-0.15, -0.1) is 0 Å². The van der Waals surface area contributed by atoms with E-state index in [9.17, 15) is 4.79 Å². The molecule has 106 valence electrons. The number of hydrogen-bond donors (Lipinski definition) is 1. The normalized spacial score (nSPS) is 27.2. The van der Waals surface area contributed by atoms with Crippen molar-refractivity contribution in [1.82, 2.24) is 5.32 Å². The van der Waals surface area contributed by atoms with Crippen molar-refractivity contribution in [3.63, 3.8) is 0 Å². The summed E-state index contributed by atoms with van der Waals surface area (Å²) < 4.78 is 9.88. The van der Waals surface area contributed by atoms with Crippen LogP contribution in [-0.4, -0.2) is 19.1 Å². The highest BCUT2D eigenvalue weighted by Crippen LogP contribution is 2.29. The van der Waals surface area contributed by atoms with Crippen LogP contribution in [-0.2, 0) is 11.3 Å². The Morgan fingerprint density at radius 2 is 2.21 bits per heavy atom. The van der Waals surface area contributed by atoms with Crippen LogP contribution in [0, 0.1) is 11.8 Å². The number of ether oxygens (including phenoxy) is 1. The first kappa shape index (κ1) is 14.1. The Balaban J connectivity index is 1.89. The molecule has 3 atom stereocenters. The van der Waals surface area contributed by atoms with Gasteiger partial charge in [0.1, 0.15) is 0 Å². The van der Waals surface area contributed by atoms with Crippen molar-refractivity contribution in [2.24, 2.45) is 11.8 Å². The van der Waals surface area contributed by atoms with Crippen molar-refractivity contribution in [3.05, 3.63) is 23.7 Å². The molecule has 0 amide bonds. The van der Waals surface area contributed by atoms with Gasteiger partial charge in [-0.05, 0) is 37.2 Å². The molecule has 0 aliphatic heterocycles. The molecule has 3 unspecified atom stereocenters. The van der Waals surface area contributed by atoms with Crippen LogP contribution in [0.4, 0.5) is 0 Å². The van der Waals surface area contributed by atoms with Crippen molar-refractivity contribution in [2.45, 2.75) is 45.7 Å². The van der Waals surface area contributed by atoms with E-state index < -0.39 is 5.97 Å². The predicted octanol–water partition coefficient (Wildman–Crippen LogP) is 2.98. The molecule has 0 spiro atoms. The molecule has 0 saturated heterocycles. The minimum absolute atomic E-state index is 0.312. The van der Waals surface area contributed by atoms with Gasteiger partial charge in [-0.3, -0.25) is 0 Å². The highest BCUT2D eigenvalue weighted by Gasteiger charge is 2.24. The molecular weight excluding hydrogens is 242 g/mol. The number of methoxy groups -OCH3 is 1. The number of furan rings is 1. The molecule has 19 heavy (non-hydrogen) atoms. The van der Waals surface area contributed by atoms with Crippen LogP contribution in [0.25, 0.3) is 0 Å². The maximum atomic E-state index is 11.5. The van der Waals surface area contributed by atoms with E-state index in [4.69, 9.17) is 9.15 Å². The average Bonchev–Trinajstić information content (AvgIpc) is 2.87. The zero-order chi connectivity index (χ0) is 13.8. The highest BCUT2D eigenvalue weighted by atomic mass is 16.5. The van der Waals surface area contributed by atoms with Crippen molar-refractivity contribution in [1.29, 1.82) is 0 Å². The lowest BCUT2D eigenvalue weighted by Gasteiger charge is -2.32. The van der Waals surface area contributed by atoms with Gasteiger partial charge in [-0.2, -0.15) is 0 Å². The maximum Gasteiger partial charge on any atom is 0.374 e. The fourth-order valence-electron chi connectivity index (χ4n) is 2.73. The fraction of sp³-hybridized carbons (Fsp3) is 0.667. The van der Waals surface area contributed by atoms with E-state index >= 15 is 0 Å². The smallest absolute Gasteiger partial charge is 0.374 e. The molecule has 2 rings (SSSR count). The Morgan fingerprint density at radius 1 is 1.42 bits per heavy atom. The van der Waals surface area contributed by atoms with Gasteiger partial charge < -0.3 is 14.5 Å². The first-order chi connectivity index (χ1) is 9.11. The van der Waals surface area contributed by atoms with E-state index in [0.29, 0.717) is 18.3 Å². The Kier molecular flexibility index (Phi) is 4.64. The molecule has 1 fully saturated rings. The van der Waals surface area contributed by atoms with Gasteiger partial charge in [-0.1, -0.05) is 13.8 Å². The Labute approximate surface area is 114 Å². The van der Waals surface area contributed by atoms with Gasteiger partial charge in [0.15, 0.2) is 0 Å². The lowest BCUT2D eigenvalue weighted by Crippen LogP contribution is -2.35. The van der Waals surface area contributed by atoms with Crippen molar-refractivity contribution in [2.75, 3.05) is 7.11 Å². The molecule has 1 aromatic rings. The first-order valence-electron chi connectivity index (χ1n) is 7.00. The van der Waals surface area contributed by atoms with Crippen LogP contribution >= 0.6 is 0 Å². The lowest BCUT2D eigenvalue weighted by molar-refractivity contribution is 0.0563. The van der Waals surface area contributed by atoms with Crippen LogP contribution in [0.1, 0.15) is 49.2 Å². The van der Waals surface area contributed by atoms with Crippen LogP contribution in [0.5, 0.6) is 0 Å². The zero-order valence-corrected chi connectivity index (χ0v) is 11.9. The summed E-state index contributed by atoms with van der Waals surface area (Å²) in [6, 6.07) is 2.36. The minimum Gasteiger partial charge on any atom is -0.463 e. The molecule has 1 heterocycles. The molecule has 0 bridgehead atoms. The number of rotatable bonds is 4. The second-order valence-corrected chi connectivity index (χ2v) is 5.61. The van der Waals surface area contributed by atoms with E-state index in [1.54, 1.807) is 0 Å². The van der Waals surface area contributed by atoms with E-state index in [0.717, 1.165) is 17.4 Å². The van der Waals surface area contributed by atoms with Gasteiger partial charge in [0.05, 0.1) is 13.4 Å². The first-order valence-corrected chi connectivity index (χ1v) is 7.00. The SMILES string of the molecule is COC(=O)c1occc1CNC1CCC(C)C(C)C1. The summed E-state index contributed by atoms with van der Waals surface area (Å²) in [5.74, 6) is 1.48. The van der Waals surface area contributed by atoms with Crippen LogP contribution in [0.2, 0.25) is 0 Å². The molecule has 1 aliphatic carbocycles. The molecule has 4 heteroatoms. The van der Waals surface area contributed by atoms with Gasteiger partial charge >= 0.3 is 5.97 Å². The molecule has 1 aliphatic rings. The number of nitrogens with one attached hydrogen (secondary N) is 1. The summed E-state index contributed by atoms with van der Waals surface area (Å²) in [7, 11) is 1.37. The van der Waals surface area contributed by atoms with Crippen molar-refractivity contribution < 1.29 is 13.9 Å². The molecule has 4 nitrogen and oxygen atoms in total. The van der Waals surface area contributed by atoms with E-state index in [-0.39, 0.29) is 0 Å². The summed E-state index contributed by atoms with van der Waals surface area (Å²) in [6.45, 7) is 5.30. The topological polar surface area (TPSA) is 51.5 Å². The third kappa shape index (κ3) is 3.38. The number of carbonyl (C=O) groups excluding carboxylic acids is 1. The molecule has 1 aromatic heterocycles. The Hall–Kier alpha value is -1.29. The van der Waals surface area contributed by atoms with Gasteiger partial charge in [0.25, 0.3) is 0 Å². The lowest BCUT2D eigenvalue weighted by atomic mass is 9.79. The van der Waals surface area contributed by atoms with Crippen LogP contribution in [0.15, 0.2) is 16.7 Å². The Morgan fingerprint density at radius 3 is 2.89 bits per heavy atom.